The van der Waals surface area contributed by atoms with Gasteiger partial charge in [-0.1, -0.05) is 18.2 Å². The molecular weight excluding hydrogens is 264 g/mol. The molecule has 18 heavy (non-hydrogen) atoms. The van der Waals surface area contributed by atoms with Crippen molar-refractivity contribution in [1.82, 2.24) is 14.3 Å². The van der Waals surface area contributed by atoms with Crippen LogP contribution < -0.4 is 0 Å². The number of aromatic nitrogens is 3. The number of para-hydroxylation sites is 1. The lowest BCUT2D eigenvalue weighted by molar-refractivity contribution is 1.16. The molecule has 0 saturated heterocycles. The number of benzene rings is 1. The first-order valence-electron chi connectivity index (χ1n) is 5.11. The van der Waals surface area contributed by atoms with Crippen LogP contribution in [0.2, 0.25) is 0 Å². The highest BCUT2D eigenvalue weighted by atomic mass is 32.2. The van der Waals surface area contributed by atoms with Crippen LogP contribution in [-0.2, 0) is 0 Å². The summed E-state index contributed by atoms with van der Waals surface area (Å²) in [5.41, 5.74) is 1.45. The molecule has 0 atom stereocenters. The topological polar surface area (TPSA) is 62.5 Å². The summed E-state index contributed by atoms with van der Waals surface area (Å²) in [7, 11) is 0. The summed E-state index contributed by atoms with van der Waals surface area (Å²) < 4.78 is 4.76. The van der Waals surface area contributed by atoms with Crippen molar-refractivity contribution in [2.24, 2.45) is 0 Å². The molecule has 0 aliphatic carbocycles. The molecule has 0 N–H and O–H groups in total. The van der Waals surface area contributed by atoms with Gasteiger partial charge < -0.3 is 0 Å². The summed E-state index contributed by atoms with van der Waals surface area (Å²) in [6.07, 6.45) is 1.51. The van der Waals surface area contributed by atoms with Crippen LogP contribution in [0, 0.1) is 11.3 Å². The molecule has 1 aromatic carbocycles. The predicted molar refractivity (Wildman–Crippen MR) is 70.5 cm³/mol. The first-order valence-corrected chi connectivity index (χ1v) is 6.70. The Morgan fingerprint density at radius 3 is 2.94 bits per heavy atom. The van der Waals surface area contributed by atoms with Crippen LogP contribution in [0.3, 0.4) is 0 Å². The molecule has 0 bridgehead atoms. The molecule has 4 nitrogen and oxygen atoms in total. The maximum absolute atomic E-state index is 9.17. The average Bonchev–Trinajstić information content (AvgIpc) is 2.90. The average molecular weight is 270 g/mol. The molecule has 0 aliphatic rings. The fraction of sp³-hybridized carbons (Fsp3) is 0. The van der Waals surface area contributed by atoms with E-state index in [2.05, 4.69) is 20.4 Å². The van der Waals surface area contributed by atoms with Crippen molar-refractivity contribution in [3.05, 3.63) is 42.2 Å². The van der Waals surface area contributed by atoms with Crippen molar-refractivity contribution in [3.63, 3.8) is 0 Å². The number of hydrogen-bond donors (Lipinski definition) is 0. The lowest BCUT2D eigenvalue weighted by atomic mass is 10.1. The Bertz CT molecular complexity index is 731. The summed E-state index contributed by atoms with van der Waals surface area (Å²) in [6, 6.07) is 11.6. The number of hydrogen-bond acceptors (Lipinski definition) is 6. The van der Waals surface area contributed by atoms with Gasteiger partial charge in [0.2, 0.25) is 0 Å². The van der Waals surface area contributed by atoms with Crippen LogP contribution >= 0.6 is 23.3 Å². The largest absolute Gasteiger partial charge is 0.241 e. The quantitative estimate of drug-likeness (QED) is 0.716. The Morgan fingerprint density at radius 2 is 2.17 bits per heavy atom. The summed E-state index contributed by atoms with van der Waals surface area (Å²) in [6.45, 7) is 0. The number of fused-ring (bicyclic) bond motifs is 1. The van der Waals surface area contributed by atoms with E-state index in [0.717, 1.165) is 20.3 Å². The first-order chi connectivity index (χ1) is 8.86. The maximum atomic E-state index is 9.17. The van der Waals surface area contributed by atoms with Crippen LogP contribution in [0.5, 0.6) is 0 Å². The molecule has 6 heteroatoms. The lowest BCUT2D eigenvalue weighted by Crippen LogP contribution is -1.87. The third-order valence-electron chi connectivity index (χ3n) is 2.35. The zero-order chi connectivity index (χ0) is 12.4. The van der Waals surface area contributed by atoms with E-state index in [9.17, 15) is 5.26 Å². The SMILES string of the molecule is N#Cc1cc(Sc2ncns2)nc2ccccc12. The summed E-state index contributed by atoms with van der Waals surface area (Å²) in [4.78, 5) is 8.60. The number of pyridine rings is 1. The third-order valence-corrected chi connectivity index (χ3v) is 3.98. The zero-order valence-corrected chi connectivity index (χ0v) is 10.7. The summed E-state index contributed by atoms with van der Waals surface area (Å²) >= 11 is 2.74. The van der Waals surface area contributed by atoms with E-state index in [0.29, 0.717) is 5.56 Å². The Hall–Kier alpha value is -1.97. The van der Waals surface area contributed by atoms with Crippen molar-refractivity contribution in [3.8, 4) is 6.07 Å². The van der Waals surface area contributed by atoms with E-state index in [1.165, 1.54) is 29.6 Å². The summed E-state index contributed by atoms with van der Waals surface area (Å²) in [5.74, 6) is 0. The molecule has 2 heterocycles. The highest BCUT2D eigenvalue weighted by Crippen LogP contribution is 2.29. The summed E-state index contributed by atoms with van der Waals surface area (Å²) in [5, 5.41) is 10.8. The highest BCUT2D eigenvalue weighted by Gasteiger charge is 2.07. The molecule has 86 valence electrons. The van der Waals surface area contributed by atoms with Gasteiger partial charge in [-0.15, -0.1) is 0 Å². The minimum absolute atomic E-state index is 0.632. The molecule has 0 spiro atoms. The van der Waals surface area contributed by atoms with E-state index in [1.807, 2.05) is 24.3 Å². The van der Waals surface area contributed by atoms with Crippen LogP contribution in [0.4, 0.5) is 0 Å². The van der Waals surface area contributed by atoms with E-state index in [-0.39, 0.29) is 0 Å². The Kier molecular flexibility index (Phi) is 2.92. The molecule has 0 radical (unpaired) electrons. The van der Waals surface area contributed by atoms with E-state index in [4.69, 9.17) is 0 Å². The fourth-order valence-electron chi connectivity index (χ4n) is 1.59. The van der Waals surface area contributed by atoms with Gasteiger partial charge in [-0.25, -0.2) is 9.97 Å². The van der Waals surface area contributed by atoms with E-state index < -0.39 is 0 Å². The first kappa shape index (κ1) is 11.1. The van der Waals surface area contributed by atoms with Crippen molar-refractivity contribution in [2.45, 2.75) is 9.37 Å². The molecule has 2 aromatic heterocycles. The van der Waals surface area contributed by atoms with Gasteiger partial charge in [-0.3, -0.25) is 0 Å². The van der Waals surface area contributed by atoms with Gasteiger partial charge in [0.25, 0.3) is 0 Å². The van der Waals surface area contributed by atoms with E-state index >= 15 is 0 Å². The minimum Gasteiger partial charge on any atom is -0.241 e. The Labute approximate surface area is 111 Å². The van der Waals surface area contributed by atoms with Crippen molar-refractivity contribution in [1.29, 1.82) is 5.26 Å². The van der Waals surface area contributed by atoms with E-state index in [1.54, 1.807) is 6.07 Å². The molecule has 0 unspecified atom stereocenters. The predicted octanol–water partition coefficient (Wildman–Crippen LogP) is 3.11. The van der Waals surface area contributed by atoms with Gasteiger partial charge in [0.15, 0.2) is 4.34 Å². The second-order valence-electron chi connectivity index (χ2n) is 3.45. The Morgan fingerprint density at radius 1 is 1.28 bits per heavy atom. The van der Waals surface area contributed by atoms with Crippen molar-refractivity contribution < 1.29 is 0 Å². The smallest absolute Gasteiger partial charge is 0.175 e. The standard InChI is InChI=1S/C12H6N4S2/c13-6-8-5-11(17-12-14-7-15-18-12)16-10-4-2-1-3-9(8)10/h1-5,7H. The van der Waals surface area contributed by atoms with Gasteiger partial charge in [-0.2, -0.15) is 9.64 Å². The number of nitriles is 1. The number of nitrogens with zero attached hydrogens (tertiary/aromatic N) is 4. The molecule has 0 saturated carbocycles. The monoisotopic (exact) mass is 270 g/mol. The molecule has 0 aliphatic heterocycles. The van der Waals surface area contributed by atoms with Crippen molar-refractivity contribution >= 4 is 34.2 Å². The molecule has 3 aromatic rings. The molecule has 3 rings (SSSR count). The lowest BCUT2D eigenvalue weighted by Gasteiger charge is -2.02. The maximum Gasteiger partial charge on any atom is 0.175 e. The Balaban J connectivity index is 2.11. The van der Waals surface area contributed by atoms with Gasteiger partial charge in [0.05, 0.1) is 17.1 Å². The highest BCUT2D eigenvalue weighted by molar-refractivity contribution is 8.00. The van der Waals surface area contributed by atoms with Crippen LogP contribution in [0.15, 0.2) is 46.0 Å². The van der Waals surface area contributed by atoms with Gasteiger partial charge in [0.1, 0.15) is 11.4 Å². The third kappa shape index (κ3) is 2.06. The molecular formula is C12H6N4S2. The minimum atomic E-state index is 0.632. The van der Waals surface area contributed by atoms with Gasteiger partial charge >= 0.3 is 0 Å². The zero-order valence-electron chi connectivity index (χ0n) is 9.07. The second-order valence-corrected chi connectivity index (χ2v) is 5.49. The van der Waals surface area contributed by atoms with Gasteiger partial charge in [0, 0.05) is 5.39 Å². The normalized spacial score (nSPS) is 10.4. The molecule has 0 fully saturated rings. The van der Waals surface area contributed by atoms with Crippen LogP contribution in [-0.4, -0.2) is 14.3 Å². The molecule has 0 amide bonds. The number of rotatable bonds is 2. The second kappa shape index (κ2) is 4.72. The van der Waals surface area contributed by atoms with Gasteiger partial charge in [-0.05, 0) is 35.4 Å². The van der Waals surface area contributed by atoms with Crippen LogP contribution in [0.25, 0.3) is 10.9 Å². The fourth-order valence-corrected chi connectivity index (χ4v) is 3.01. The van der Waals surface area contributed by atoms with Crippen LogP contribution in [0.1, 0.15) is 5.56 Å². The van der Waals surface area contributed by atoms with Crippen molar-refractivity contribution in [2.75, 3.05) is 0 Å².